The number of hydrogen-bond acceptors (Lipinski definition) is 10. The number of aromatic nitrogens is 4. The number of hydrogen-bond donors (Lipinski definition) is 3. The van der Waals surface area contributed by atoms with Crippen LogP contribution in [-0.2, 0) is 9.47 Å². The van der Waals surface area contributed by atoms with E-state index in [0.29, 0.717) is 4.90 Å². The standard InChI is InChI=1S/C19H17Cl2F3N4O5S2/c20-9-2-1-8(3-10(9)21)35-17-16(32-7-19(22,23)24)14(15(30)13(5-29)33-17)28-4-11(26-27-28)12-6-34-18(31)25-12/h1-4,6,13-17,29-30H,5,7H2,(H,25,31). The maximum atomic E-state index is 13.1. The molecule has 16 heteroatoms. The van der Waals surface area contributed by atoms with Crippen LogP contribution in [0.1, 0.15) is 6.04 Å². The molecule has 9 nitrogen and oxygen atoms in total. The van der Waals surface area contributed by atoms with Crippen molar-refractivity contribution in [3.63, 3.8) is 0 Å². The summed E-state index contributed by atoms with van der Waals surface area (Å²) >= 11 is 14.0. The Bertz CT molecular complexity index is 1170. The molecule has 1 aliphatic heterocycles. The van der Waals surface area contributed by atoms with Gasteiger partial charge >= 0.3 is 6.18 Å². The summed E-state index contributed by atoms with van der Waals surface area (Å²) in [7, 11) is 0. The van der Waals surface area contributed by atoms with E-state index < -0.39 is 49.2 Å². The van der Waals surface area contributed by atoms with Crippen LogP contribution in [0.15, 0.2) is 34.7 Å². The van der Waals surface area contributed by atoms with Gasteiger partial charge < -0.3 is 24.8 Å². The van der Waals surface area contributed by atoms with E-state index >= 15 is 0 Å². The summed E-state index contributed by atoms with van der Waals surface area (Å²) in [6, 6.07) is 3.40. The predicted octanol–water partition coefficient (Wildman–Crippen LogP) is 3.77. The van der Waals surface area contributed by atoms with Gasteiger partial charge in [0.2, 0.25) is 0 Å². The van der Waals surface area contributed by atoms with Crippen LogP contribution < -0.4 is 0 Å². The molecule has 1 aromatic carbocycles. The first-order chi connectivity index (χ1) is 16.6. The molecule has 0 radical (unpaired) electrons. The van der Waals surface area contributed by atoms with E-state index in [1.807, 2.05) is 0 Å². The van der Waals surface area contributed by atoms with Gasteiger partial charge in [-0.1, -0.05) is 51.5 Å². The van der Waals surface area contributed by atoms with E-state index in [1.165, 1.54) is 23.7 Å². The van der Waals surface area contributed by atoms with E-state index in [1.54, 1.807) is 6.07 Å². The van der Waals surface area contributed by atoms with Crippen LogP contribution in [0.2, 0.25) is 10.0 Å². The highest BCUT2D eigenvalue weighted by Gasteiger charge is 2.49. The largest absolute Gasteiger partial charge is 0.486 e. The second-order valence-electron chi connectivity index (χ2n) is 7.39. The monoisotopic (exact) mass is 572 g/mol. The number of aliphatic hydroxyl groups excluding tert-OH is 2. The fourth-order valence-corrected chi connectivity index (χ4v) is 5.51. The summed E-state index contributed by atoms with van der Waals surface area (Å²) in [6.07, 6.45) is -7.35. The first-order valence-electron chi connectivity index (χ1n) is 9.87. The minimum Gasteiger partial charge on any atom is -0.486 e. The number of benzene rings is 1. The molecule has 0 spiro atoms. The average molecular weight is 573 g/mol. The maximum absolute atomic E-state index is 13.1. The first-order valence-corrected chi connectivity index (χ1v) is 12.4. The van der Waals surface area contributed by atoms with Gasteiger partial charge in [-0.05, 0) is 18.2 Å². The molecule has 0 amide bonds. The van der Waals surface area contributed by atoms with Crippen molar-refractivity contribution in [3.05, 3.63) is 39.8 Å². The number of alkyl halides is 3. The van der Waals surface area contributed by atoms with E-state index in [9.17, 15) is 28.5 Å². The highest BCUT2D eigenvalue weighted by molar-refractivity contribution is 7.99. The predicted molar refractivity (Wildman–Crippen MR) is 122 cm³/mol. The Kier molecular flexibility index (Phi) is 8.12. The van der Waals surface area contributed by atoms with Gasteiger partial charge in [-0.2, -0.15) is 13.2 Å². The summed E-state index contributed by atoms with van der Waals surface area (Å²) in [5.41, 5.74) is -0.617. The lowest BCUT2D eigenvalue weighted by Crippen LogP contribution is -2.56. The zero-order chi connectivity index (χ0) is 25.3. The first kappa shape index (κ1) is 26.4. The molecule has 2 aromatic heterocycles. The maximum Gasteiger partial charge on any atom is 0.411 e. The smallest absolute Gasteiger partial charge is 0.411 e. The number of rotatable bonds is 7. The van der Waals surface area contributed by atoms with Crippen molar-refractivity contribution >= 4 is 46.3 Å². The van der Waals surface area contributed by atoms with Gasteiger partial charge in [0.25, 0.3) is 5.19 Å². The van der Waals surface area contributed by atoms with E-state index in [4.69, 9.17) is 32.7 Å². The second kappa shape index (κ2) is 10.8. The molecule has 190 valence electrons. The summed E-state index contributed by atoms with van der Waals surface area (Å²) in [5.74, 6) is 0. The van der Waals surface area contributed by atoms with Crippen molar-refractivity contribution in [3.8, 4) is 16.6 Å². The Balaban J connectivity index is 1.70. The molecular weight excluding hydrogens is 556 g/mol. The zero-order valence-electron chi connectivity index (χ0n) is 17.3. The third-order valence-electron chi connectivity index (χ3n) is 4.98. The number of thioether (sulfide) groups is 1. The summed E-state index contributed by atoms with van der Waals surface area (Å²) < 4.78 is 51.4. The molecule has 3 aromatic rings. The minimum atomic E-state index is -4.66. The Hall–Kier alpha value is -1.65. The van der Waals surface area contributed by atoms with Gasteiger partial charge in [0.1, 0.15) is 47.8 Å². The molecule has 0 saturated carbocycles. The van der Waals surface area contributed by atoms with Crippen LogP contribution in [0.3, 0.4) is 0 Å². The topological polar surface area (TPSA) is 123 Å². The van der Waals surface area contributed by atoms with E-state index in [-0.39, 0.29) is 26.6 Å². The van der Waals surface area contributed by atoms with Gasteiger partial charge in [-0.3, -0.25) is 0 Å². The fraction of sp³-hybridized carbons (Fsp3) is 0.421. The number of thiazole rings is 1. The van der Waals surface area contributed by atoms with Crippen LogP contribution in [-0.4, -0.2) is 78.4 Å². The van der Waals surface area contributed by atoms with Crippen molar-refractivity contribution in [1.29, 1.82) is 0 Å². The molecule has 1 aliphatic rings. The number of aromatic hydroxyl groups is 1. The normalized spacial score (nSPS) is 25.2. The molecule has 5 atom stereocenters. The van der Waals surface area contributed by atoms with Crippen molar-refractivity contribution in [2.24, 2.45) is 0 Å². The average Bonchev–Trinajstić information content (AvgIpc) is 3.44. The molecular formula is C19H17Cl2F3N4O5S2. The number of ether oxygens (including phenoxy) is 2. The number of halogens is 5. The fourth-order valence-electron chi connectivity index (χ4n) is 3.43. The van der Waals surface area contributed by atoms with E-state index in [2.05, 4.69) is 15.3 Å². The molecule has 1 saturated heterocycles. The number of aliphatic hydroxyl groups is 2. The Morgan fingerprint density at radius 1 is 1.23 bits per heavy atom. The van der Waals surface area contributed by atoms with E-state index in [0.717, 1.165) is 27.8 Å². The highest BCUT2D eigenvalue weighted by Crippen LogP contribution is 2.41. The van der Waals surface area contributed by atoms with Crippen LogP contribution in [0.5, 0.6) is 5.19 Å². The third-order valence-corrected chi connectivity index (χ3v) is 7.50. The molecule has 3 N–H and O–H groups in total. The zero-order valence-corrected chi connectivity index (χ0v) is 20.5. The van der Waals surface area contributed by atoms with Crippen molar-refractivity contribution in [2.75, 3.05) is 13.2 Å². The van der Waals surface area contributed by atoms with Crippen molar-refractivity contribution in [2.45, 2.75) is 40.9 Å². The van der Waals surface area contributed by atoms with Gasteiger partial charge in [-0.15, -0.1) is 5.10 Å². The summed E-state index contributed by atoms with van der Waals surface area (Å²) in [4.78, 5) is 4.40. The van der Waals surface area contributed by atoms with Crippen LogP contribution in [0.25, 0.3) is 11.4 Å². The summed E-state index contributed by atoms with van der Waals surface area (Å²) in [6.45, 7) is -2.24. The van der Waals surface area contributed by atoms with Crippen molar-refractivity contribution in [1.82, 2.24) is 20.0 Å². The van der Waals surface area contributed by atoms with Gasteiger partial charge in [-0.25, -0.2) is 9.67 Å². The molecule has 35 heavy (non-hydrogen) atoms. The highest BCUT2D eigenvalue weighted by atomic mass is 35.5. The van der Waals surface area contributed by atoms with Crippen LogP contribution >= 0.6 is 46.3 Å². The molecule has 1 fully saturated rings. The molecule has 0 aliphatic carbocycles. The number of nitrogens with zero attached hydrogens (tertiary/aromatic N) is 4. The molecule has 5 unspecified atom stereocenters. The Morgan fingerprint density at radius 2 is 2.00 bits per heavy atom. The van der Waals surface area contributed by atoms with Crippen LogP contribution in [0, 0.1) is 0 Å². The third kappa shape index (κ3) is 6.20. The summed E-state index contributed by atoms with van der Waals surface area (Å²) in [5, 5.41) is 39.9. The Morgan fingerprint density at radius 3 is 2.63 bits per heavy atom. The van der Waals surface area contributed by atoms with Crippen molar-refractivity contribution < 1.29 is 38.0 Å². The quantitative estimate of drug-likeness (QED) is 0.388. The van der Waals surface area contributed by atoms with Gasteiger partial charge in [0.05, 0.1) is 22.8 Å². The lowest BCUT2D eigenvalue weighted by Gasteiger charge is -2.43. The molecule has 4 rings (SSSR count). The Labute approximate surface area is 214 Å². The minimum absolute atomic E-state index is 0.203. The van der Waals surface area contributed by atoms with Gasteiger partial charge in [0.15, 0.2) is 0 Å². The molecule has 3 heterocycles. The lowest BCUT2D eigenvalue weighted by molar-refractivity contribution is -0.233. The van der Waals surface area contributed by atoms with Crippen LogP contribution in [0.4, 0.5) is 13.2 Å². The molecule has 0 bridgehead atoms. The SMILES string of the molecule is OCC1OC(Sc2ccc(Cl)c(Cl)c2)C(OCC(F)(F)F)C(n2cc(-c3csc(O)n3)nn2)C1O. The van der Waals surface area contributed by atoms with Gasteiger partial charge in [0, 0.05) is 10.3 Å². The lowest BCUT2D eigenvalue weighted by atomic mass is 9.97. The second-order valence-corrected chi connectivity index (χ2v) is 10.2.